The van der Waals surface area contributed by atoms with Gasteiger partial charge in [0.1, 0.15) is 0 Å². The number of nitrogens with one attached hydrogen (secondary N) is 2. The van der Waals surface area contributed by atoms with E-state index in [1.807, 2.05) is 0 Å². The maximum Gasteiger partial charge on any atom is 0.253 e. The highest BCUT2D eigenvalue weighted by molar-refractivity contribution is 6.35. The van der Waals surface area contributed by atoms with E-state index in [1.165, 1.54) is 12.1 Å². The average Bonchev–Trinajstić information content (AvgIpc) is 2.83. The zero-order chi connectivity index (χ0) is 18.0. The number of halogens is 2. The van der Waals surface area contributed by atoms with Crippen molar-refractivity contribution in [3.05, 3.63) is 33.8 Å². The molecule has 25 heavy (non-hydrogen) atoms. The van der Waals surface area contributed by atoms with E-state index >= 15 is 0 Å². The molecule has 0 radical (unpaired) electrons. The molecule has 3 amide bonds. The Morgan fingerprint density at radius 3 is 2.88 bits per heavy atom. The molecular formula is C16H17Cl2N3O4. The maximum absolute atomic E-state index is 12.4. The van der Waals surface area contributed by atoms with E-state index in [2.05, 4.69) is 10.6 Å². The van der Waals surface area contributed by atoms with Crippen LogP contribution in [0.4, 0.5) is 0 Å². The third-order valence-corrected chi connectivity index (χ3v) is 4.73. The van der Waals surface area contributed by atoms with Crippen LogP contribution in [0.2, 0.25) is 10.0 Å². The molecule has 0 aliphatic carbocycles. The summed E-state index contributed by atoms with van der Waals surface area (Å²) in [5, 5.41) is 6.04. The topological polar surface area (TPSA) is 87.7 Å². The van der Waals surface area contributed by atoms with Gasteiger partial charge < -0.3 is 20.3 Å². The van der Waals surface area contributed by atoms with Crippen molar-refractivity contribution >= 4 is 40.9 Å². The Hall–Kier alpha value is -1.83. The van der Waals surface area contributed by atoms with Crippen LogP contribution in [0.1, 0.15) is 10.4 Å². The van der Waals surface area contributed by atoms with Crippen molar-refractivity contribution in [3.8, 4) is 0 Å². The largest absolute Gasteiger partial charge is 0.378 e. The monoisotopic (exact) mass is 385 g/mol. The summed E-state index contributed by atoms with van der Waals surface area (Å²) in [5.74, 6) is -1.24. The van der Waals surface area contributed by atoms with Crippen LogP contribution in [0.5, 0.6) is 0 Å². The summed E-state index contributed by atoms with van der Waals surface area (Å²) in [5.41, 5.74) is 0.208. The fraction of sp³-hybridized carbons (Fsp3) is 0.438. The molecule has 2 aliphatic rings. The molecule has 0 spiro atoms. The van der Waals surface area contributed by atoms with Crippen LogP contribution in [-0.4, -0.2) is 61.5 Å². The number of fused-ring (bicyclic) bond motifs is 3. The molecule has 2 atom stereocenters. The van der Waals surface area contributed by atoms with Gasteiger partial charge >= 0.3 is 0 Å². The van der Waals surface area contributed by atoms with Gasteiger partial charge in [-0.2, -0.15) is 0 Å². The summed E-state index contributed by atoms with van der Waals surface area (Å²) in [6.07, 6.45) is 0. The van der Waals surface area contributed by atoms with E-state index in [0.717, 1.165) is 0 Å². The molecule has 2 bridgehead atoms. The Labute approximate surface area is 154 Å². The van der Waals surface area contributed by atoms with Gasteiger partial charge in [-0.25, -0.2) is 0 Å². The first-order valence-electron chi connectivity index (χ1n) is 7.83. The van der Waals surface area contributed by atoms with E-state index in [4.69, 9.17) is 27.9 Å². The van der Waals surface area contributed by atoms with Gasteiger partial charge in [0, 0.05) is 18.1 Å². The summed E-state index contributed by atoms with van der Waals surface area (Å²) in [4.78, 5) is 38.2. The van der Waals surface area contributed by atoms with Gasteiger partial charge in [0.25, 0.3) is 5.91 Å². The SMILES string of the molecule is O=C(NCC(=O)N1C[C@H]2COC[C@@H](C1)C(=O)N2)c1cc(Cl)ccc1Cl. The van der Waals surface area contributed by atoms with E-state index in [9.17, 15) is 14.4 Å². The van der Waals surface area contributed by atoms with Gasteiger partial charge in [-0.3, -0.25) is 14.4 Å². The Balaban J connectivity index is 1.61. The van der Waals surface area contributed by atoms with Crippen LogP contribution in [0.3, 0.4) is 0 Å². The zero-order valence-corrected chi connectivity index (χ0v) is 14.8. The van der Waals surface area contributed by atoms with Gasteiger partial charge in [0.2, 0.25) is 11.8 Å². The van der Waals surface area contributed by atoms with Gasteiger partial charge in [-0.1, -0.05) is 23.2 Å². The van der Waals surface area contributed by atoms with Crippen molar-refractivity contribution in [2.45, 2.75) is 6.04 Å². The predicted octanol–water partition coefficient (Wildman–Crippen LogP) is 0.697. The van der Waals surface area contributed by atoms with E-state index in [0.29, 0.717) is 18.2 Å². The minimum Gasteiger partial charge on any atom is -0.378 e. The van der Waals surface area contributed by atoms with Crippen LogP contribution >= 0.6 is 23.2 Å². The first kappa shape index (κ1) is 18.0. The Morgan fingerprint density at radius 1 is 1.28 bits per heavy atom. The average molecular weight is 386 g/mol. The molecule has 3 rings (SSSR count). The van der Waals surface area contributed by atoms with Gasteiger partial charge in [-0.15, -0.1) is 0 Å². The highest BCUT2D eigenvalue weighted by Gasteiger charge is 2.35. The second-order valence-corrected chi connectivity index (χ2v) is 6.89. The number of nitrogens with zero attached hydrogens (tertiary/aromatic N) is 1. The fourth-order valence-corrected chi connectivity index (χ4v) is 3.24. The summed E-state index contributed by atoms with van der Waals surface area (Å²) >= 11 is 11.8. The molecule has 7 nitrogen and oxygen atoms in total. The molecule has 134 valence electrons. The molecule has 0 aromatic heterocycles. The van der Waals surface area contributed by atoms with Crippen molar-refractivity contribution in [1.29, 1.82) is 0 Å². The predicted molar refractivity (Wildman–Crippen MR) is 91.6 cm³/mol. The van der Waals surface area contributed by atoms with E-state index in [1.54, 1.807) is 11.0 Å². The molecule has 0 saturated carbocycles. The lowest BCUT2D eigenvalue weighted by Crippen LogP contribution is -2.47. The summed E-state index contributed by atoms with van der Waals surface area (Å²) in [6, 6.07) is 4.31. The normalized spacial score (nSPS) is 22.8. The number of hydrogen-bond donors (Lipinski definition) is 2. The number of carbonyl (C=O) groups excluding carboxylic acids is 3. The highest BCUT2D eigenvalue weighted by atomic mass is 35.5. The van der Waals surface area contributed by atoms with Crippen LogP contribution in [0.15, 0.2) is 18.2 Å². The van der Waals surface area contributed by atoms with Crippen molar-refractivity contribution in [3.63, 3.8) is 0 Å². The lowest BCUT2D eigenvalue weighted by molar-refractivity contribution is -0.132. The van der Waals surface area contributed by atoms with Crippen LogP contribution < -0.4 is 10.6 Å². The van der Waals surface area contributed by atoms with Gasteiger partial charge in [-0.05, 0) is 18.2 Å². The first-order valence-corrected chi connectivity index (χ1v) is 8.59. The lowest BCUT2D eigenvalue weighted by atomic mass is 10.1. The summed E-state index contributed by atoms with van der Waals surface area (Å²) in [6.45, 7) is 1.10. The molecule has 9 heteroatoms. The number of rotatable bonds is 3. The fourth-order valence-electron chi connectivity index (χ4n) is 2.87. The molecule has 1 aromatic carbocycles. The van der Waals surface area contributed by atoms with Gasteiger partial charge in [0.15, 0.2) is 0 Å². The molecular weight excluding hydrogens is 369 g/mol. The number of benzene rings is 1. The number of amides is 3. The molecule has 1 aromatic rings. The molecule has 2 aliphatic heterocycles. The second kappa shape index (κ2) is 7.59. The van der Waals surface area contributed by atoms with E-state index in [-0.39, 0.29) is 48.1 Å². The second-order valence-electron chi connectivity index (χ2n) is 6.05. The van der Waals surface area contributed by atoms with Gasteiger partial charge in [0.05, 0.1) is 42.3 Å². The highest BCUT2D eigenvalue weighted by Crippen LogP contribution is 2.20. The summed E-state index contributed by atoms with van der Waals surface area (Å²) in [7, 11) is 0. The summed E-state index contributed by atoms with van der Waals surface area (Å²) < 4.78 is 5.42. The molecule has 0 unspecified atom stereocenters. The van der Waals surface area contributed by atoms with Crippen molar-refractivity contribution in [1.82, 2.24) is 15.5 Å². The third kappa shape index (κ3) is 4.23. The van der Waals surface area contributed by atoms with Crippen molar-refractivity contribution < 1.29 is 19.1 Å². The number of ether oxygens (including phenoxy) is 1. The van der Waals surface area contributed by atoms with Crippen molar-refractivity contribution in [2.24, 2.45) is 5.92 Å². The third-order valence-electron chi connectivity index (χ3n) is 4.16. The molecule has 2 N–H and O–H groups in total. The quantitative estimate of drug-likeness (QED) is 0.801. The Morgan fingerprint density at radius 2 is 2.08 bits per heavy atom. The smallest absolute Gasteiger partial charge is 0.253 e. The Bertz CT molecular complexity index is 713. The van der Waals surface area contributed by atoms with Crippen molar-refractivity contribution in [2.75, 3.05) is 32.8 Å². The minimum absolute atomic E-state index is 0.104. The standard InChI is InChI=1S/C16H17Cl2N3O4/c17-10-1-2-13(18)12(3-10)16(24)19-4-14(22)21-5-9-7-25-8-11(6-21)20-15(9)23/h1-3,9,11H,4-8H2,(H,19,24)(H,20,23)/t9-,11+/m1/s1. The lowest BCUT2D eigenvalue weighted by Gasteiger charge is -2.27. The Kier molecular flexibility index (Phi) is 5.46. The van der Waals surface area contributed by atoms with Crippen LogP contribution in [0, 0.1) is 5.92 Å². The maximum atomic E-state index is 12.4. The number of carbonyl (C=O) groups is 3. The number of hydrogen-bond acceptors (Lipinski definition) is 4. The molecule has 2 heterocycles. The minimum atomic E-state index is -0.478. The molecule has 2 fully saturated rings. The zero-order valence-electron chi connectivity index (χ0n) is 13.3. The van der Waals surface area contributed by atoms with Crippen LogP contribution in [-0.2, 0) is 14.3 Å². The van der Waals surface area contributed by atoms with E-state index < -0.39 is 11.8 Å². The molecule has 2 saturated heterocycles. The first-order chi connectivity index (χ1) is 11.9. The van der Waals surface area contributed by atoms with Crippen LogP contribution in [0.25, 0.3) is 0 Å².